The van der Waals surface area contributed by atoms with Gasteiger partial charge in [0.2, 0.25) is 0 Å². The first-order valence-electron chi connectivity index (χ1n) is 7.58. The molecule has 0 radical (unpaired) electrons. The Labute approximate surface area is 112 Å². The molecule has 1 saturated heterocycles. The van der Waals surface area contributed by atoms with Crippen LogP contribution in [0, 0.1) is 11.8 Å². The molecule has 4 nitrogen and oxygen atoms in total. The molecular formula is C14H30N4. The van der Waals surface area contributed by atoms with E-state index in [4.69, 9.17) is 5.73 Å². The van der Waals surface area contributed by atoms with Gasteiger partial charge in [-0.3, -0.25) is 5.43 Å². The van der Waals surface area contributed by atoms with Crippen LogP contribution in [0.2, 0.25) is 0 Å². The van der Waals surface area contributed by atoms with Crippen molar-refractivity contribution in [2.75, 3.05) is 39.8 Å². The Morgan fingerprint density at radius 3 is 2.56 bits per heavy atom. The van der Waals surface area contributed by atoms with Gasteiger partial charge in [-0.05, 0) is 31.7 Å². The van der Waals surface area contributed by atoms with E-state index in [0.717, 1.165) is 44.6 Å². The second-order valence-electron chi connectivity index (χ2n) is 6.29. The minimum atomic E-state index is 0.483. The summed E-state index contributed by atoms with van der Waals surface area (Å²) in [6, 6.07) is 0.483. The van der Waals surface area contributed by atoms with Crippen molar-refractivity contribution in [3.05, 3.63) is 0 Å². The Morgan fingerprint density at radius 2 is 1.94 bits per heavy atom. The van der Waals surface area contributed by atoms with Crippen LogP contribution in [-0.2, 0) is 0 Å². The van der Waals surface area contributed by atoms with Gasteiger partial charge in [0, 0.05) is 38.8 Å². The summed E-state index contributed by atoms with van der Waals surface area (Å²) in [5.74, 6) is 1.66. The maximum atomic E-state index is 5.99. The Kier molecular flexibility index (Phi) is 5.42. The van der Waals surface area contributed by atoms with E-state index in [0.29, 0.717) is 6.04 Å². The highest BCUT2D eigenvalue weighted by Gasteiger charge is 2.27. The number of rotatable bonds is 4. The third-order valence-corrected chi connectivity index (χ3v) is 4.65. The zero-order valence-electron chi connectivity index (χ0n) is 12.1. The molecule has 1 aliphatic heterocycles. The van der Waals surface area contributed by atoms with Gasteiger partial charge in [0.05, 0.1) is 0 Å². The van der Waals surface area contributed by atoms with Crippen LogP contribution in [0.25, 0.3) is 0 Å². The highest BCUT2D eigenvalue weighted by atomic mass is 15.5. The van der Waals surface area contributed by atoms with Crippen LogP contribution in [0.3, 0.4) is 0 Å². The number of nitrogens with zero attached hydrogens (tertiary/aromatic N) is 2. The fourth-order valence-electron chi connectivity index (χ4n) is 3.37. The number of hydrogen-bond donors (Lipinski definition) is 2. The summed E-state index contributed by atoms with van der Waals surface area (Å²) in [6.07, 6.45) is 5.49. The van der Waals surface area contributed by atoms with Crippen LogP contribution in [0.4, 0.5) is 0 Å². The van der Waals surface area contributed by atoms with Gasteiger partial charge in [-0.1, -0.05) is 19.8 Å². The first-order chi connectivity index (χ1) is 8.69. The highest BCUT2D eigenvalue weighted by molar-refractivity contribution is 4.82. The van der Waals surface area contributed by atoms with Crippen molar-refractivity contribution in [3.63, 3.8) is 0 Å². The second kappa shape index (κ2) is 6.85. The lowest BCUT2D eigenvalue weighted by molar-refractivity contribution is 0.0648. The molecule has 2 rings (SSSR count). The third-order valence-electron chi connectivity index (χ3n) is 4.65. The molecule has 3 N–H and O–H groups in total. The van der Waals surface area contributed by atoms with Crippen molar-refractivity contribution >= 4 is 0 Å². The smallest absolute Gasteiger partial charge is 0.0366 e. The van der Waals surface area contributed by atoms with Crippen molar-refractivity contribution in [3.8, 4) is 0 Å². The van der Waals surface area contributed by atoms with E-state index in [1.807, 2.05) is 0 Å². The molecule has 0 spiro atoms. The van der Waals surface area contributed by atoms with Crippen LogP contribution in [0.15, 0.2) is 0 Å². The summed E-state index contributed by atoms with van der Waals surface area (Å²) >= 11 is 0. The predicted molar refractivity (Wildman–Crippen MR) is 76.2 cm³/mol. The van der Waals surface area contributed by atoms with Crippen molar-refractivity contribution in [1.29, 1.82) is 0 Å². The van der Waals surface area contributed by atoms with Crippen molar-refractivity contribution in [2.24, 2.45) is 17.6 Å². The molecule has 106 valence electrons. The summed E-state index contributed by atoms with van der Waals surface area (Å²) in [4.78, 5) is 2.39. The van der Waals surface area contributed by atoms with Crippen molar-refractivity contribution in [1.82, 2.24) is 15.3 Å². The van der Waals surface area contributed by atoms with Gasteiger partial charge in [-0.25, -0.2) is 5.01 Å². The lowest BCUT2D eigenvalue weighted by atomic mass is 9.79. The van der Waals surface area contributed by atoms with Gasteiger partial charge in [0.1, 0.15) is 0 Å². The molecule has 18 heavy (non-hydrogen) atoms. The van der Waals surface area contributed by atoms with Gasteiger partial charge in [0.15, 0.2) is 0 Å². The summed E-state index contributed by atoms with van der Waals surface area (Å²) in [5.41, 5.74) is 9.69. The van der Waals surface area contributed by atoms with E-state index in [1.54, 1.807) is 0 Å². The number of likely N-dealkylation sites (N-methyl/N-ethyl adjacent to an activating group) is 1. The van der Waals surface area contributed by atoms with Gasteiger partial charge in [-0.2, -0.15) is 0 Å². The first-order valence-corrected chi connectivity index (χ1v) is 7.58. The van der Waals surface area contributed by atoms with E-state index in [9.17, 15) is 0 Å². The molecule has 3 unspecified atom stereocenters. The van der Waals surface area contributed by atoms with Gasteiger partial charge in [0.25, 0.3) is 0 Å². The molecule has 1 saturated carbocycles. The number of hydrogen-bond acceptors (Lipinski definition) is 4. The lowest BCUT2D eigenvalue weighted by Gasteiger charge is -2.39. The Bertz CT molecular complexity index is 238. The number of hydrazine groups is 1. The molecular weight excluding hydrogens is 224 g/mol. The predicted octanol–water partition coefficient (Wildman–Crippen LogP) is 0.892. The van der Waals surface area contributed by atoms with Crippen LogP contribution in [-0.4, -0.2) is 55.7 Å². The molecule has 0 aromatic carbocycles. The zero-order chi connectivity index (χ0) is 13.0. The third kappa shape index (κ3) is 3.92. The normalized spacial score (nSPS) is 33.5. The molecule has 0 amide bonds. The Balaban J connectivity index is 1.81. The quantitative estimate of drug-likeness (QED) is 0.782. The molecule has 3 atom stereocenters. The molecule has 0 aromatic heterocycles. The summed E-state index contributed by atoms with van der Waals surface area (Å²) in [5, 5.41) is 2.39. The topological polar surface area (TPSA) is 44.5 Å². The highest BCUT2D eigenvalue weighted by Crippen LogP contribution is 2.30. The largest absolute Gasteiger partial charge is 0.329 e. The summed E-state index contributed by atoms with van der Waals surface area (Å²) in [7, 11) is 2.20. The maximum absolute atomic E-state index is 5.99. The summed E-state index contributed by atoms with van der Waals surface area (Å²) in [6.45, 7) is 7.71. The number of nitrogens with one attached hydrogen (secondary N) is 1. The van der Waals surface area contributed by atoms with Crippen LogP contribution < -0.4 is 11.2 Å². The minimum Gasteiger partial charge on any atom is -0.329 e. The first kappa shape index (κ1) is 14.3. The Morgan fingerprint density at radius 1 is 1.22 bits per heavy atom. The van der Waals surface area contributed by atoms with Crippen LogP contribution >= 0.6 is 0 Å². The molecule has 1 aliphatic carbocycles. The maximum Gasteiger partial charge on any atom is 0.0366 e. The average Bonchev–Trinajstić information content (AvgIpc) is 2.38. The summed E-state index contributed by atoms with van der Waals surface area (Å²) < 4.78 is 0. The van der Waals surface area contributed by atoms with E-state index in [2.05, 4.69) is 29.3 Å². The molecule has 1 heterocycles. The standard InChI is InChI=1S/C14H30N4/c1-12-4-3-5-13(10-12)14(11-15)16-18-8-6-17(2)7-9-18/h12-14,16H,3-11,15H2,1-2H3. The van der Waals surface area contributed by atoms with Crippen LogP contribution in [0.5, 0.6) is 0 Å². The second-order valence-corrected chi connectivity index (χ2v) is 6.29. The van der Waals surface area contributed by atoms with E-state index >= 15 is 0 Å². The molecule has 2 fully saturated rings. The lowest BCUT2D eigenvalue weighted by Crippen LogP contribution is -2.57. The van der Waals surface area contributed by atoms with E-state index < -0.39 is 0 Å². The number of piperazine rings is 1. The fraction of sp³-hybridized carbons (Fsp3) is 1.00. The molecule has 2 aliphatic rings. The van der Waals surface area contributed by atoms with E-state index in [1.165, 1.54) is 25.7 Å². The van der Waals surface area contributed by atoms with Crippen molar-refractivity contribution in [2.45, 2.75) is 38.6 Å². The number of nitrogens with two attached hydrogens (primary N) is 1. The minimum absolute atomic E-state index is 0.483. The molecule has 0 bridgehead atoms. The monoisotopic (exact) mass is 254 g/mol. The zero-order valence-corrected chi connectivity index (χ0v) is 12.1. The Hall–Kier alpha value is -0.160. The van der Waals surface area contributed by atoms with Gasteiger partial charge >= 0.3 is 0 Å². The van der Waals surface area contributed by atoms with Gasteiger partial charge in [-0.15, -0.1) is 0 Å². The van der Waals surface area contributed by atoms with Crippen LogP contribution in [0.1, 0.15) is 32.6 Å². The van der Waals surface area contributed by atoms with E-state index in [-0.39, 0.29) is 0 Å². The van der Waals surface area contributed by atoms with Crippen molar-refractivity contribution < 1.29 is 0 Å². The average molecular weight is 254 g/mol. The van der Waals surface area contributed by atoms with Gasteiger partial charge < -0.3 is 10.6 Å². The molecule has 0 aromatic rings. The molecule has 4 heteroatoms. The fourth-order valence-corrected chi connectivity index (χ4v) is 3.37. The SMILES string of the molecule is CC1CCCC(C(CN)NN2CCN(C)CC2)C1.